The Kier molecular flexibility index (Phi) is 9.69. The molecule has 1 aliphatic rings. The van der Waals surface area contributed by atoms with Crippen molar-refractivity contribution in [1.82, 2.24) is 14.9 Å². The molecule has 1 saturated carbocycles. The molecule has 41 heavy (non-hydrogen) atoms. The van der Waals surface area contributed by atoms with Gasteiger partial charge in [-0.3, -0.25) is 9.69 Å². The molecule has 1 aliphatic carbocycles. The summed E-state index contributed by atoms with van der Waals surface area (Å²) in [6, 6.07) is 6.33. The summed E-state index contributed by atoms with van der Waals surface area (Å²) in [5.41, 5.74) is 1.46. The topological polar surface area (TPSA) is 132 Å². The van der Waals surface area contributed by atoms with Crippen LogP contribution in [0.15, 0.2) is 48.8 Å². The van der Waals surface area contributed by atoms with E-state index in [0.717, 1.165) is 12.8 Å². The second-order valence-corrected chi connectivity index (χ2v) is 9.78. The standard InChI is InChI=1S/C28H29ClFN5O6/c1-35(25(27(37)39-2)28(38)40-3)10-4-5-24(36)34-22-12-18-21(13-23(22)41-14-16-6-7-16)31-15-32-26(18)33-17-8-9-20(30)19(29)11-17/h4-5,8-9,11-13,15-16,25H,6-7,10,14H2,1-3H3,(H,34,36)(H,31,32,33)/b5-4+. The van der Waals surface area contributed by atoms with E-state index in [4.69, 9.17) is 16.3 Å². The Labute approximate surface area is 240 Å². The number of amides is 1. The van der Waals surface area contributed by atoms with Crippen molar-refractivity contribution >= 4 is 57.5 Å². The number of aromatic nitrogens is 2. The normalized spacial score (nSPS) is 13.0. The number of rotatable bonds is 12. The number of benzene rings is 2. The highest BCUT2D eigenvalue weighted by Crippen LogP contribution is 2.36. The Morgan fingerprint density at radius 1 is 1.15 bits per heavy atom. The van der Waals surface area contributed by atoms with E-state index in [0.29, 0.717) is 46.4 Å². The number of carbonyl (C=O) groups is 3. The van der Waals surface area contributed by atoms with Gasteiger partial charge in [-0.15, -0.1) is 0 Å². The summed E-state index contributed by atoms with van der Waals surface area (Å²) in [6.07, 6.45) is 6.32. The largest absolute Gasteiger partial charge is 0.491 e. The van der Waals surface area contributed by atoms with Gasteiger partial charge in [0, 0.05) is 29.8 Å². The summed E-state index contributed by atoms with van der Waals surface area (Å²) in [6.45, 7) is 0.578. The van der Waals surface area contributed by atoms with Crippen molar-refractivity contribution in [2.24, 2.45) is 5.92 Å². The second-order valence-electron chi connectivity index (χ2n) is 9.38. The average molecular weight is 586 g/mol. The Bertz CT molecular complexity index is 1470. The molecule has 4 rings (SSSR count). The van der Waals surface area contributed by atoms with Crippen LogP contribution in [0.5, 0.6) is 5.75 Å². The molecule has 0 aliphatic heterocycles. The van der Waals surface area contributed by atoms with E-state index in [-0.39, 0.29) is 11.6 Å². The summed E-state index contributed by atoms with van der Waals surface area (Å²) in [4.78, 5) is 46.9. The fourth-order valence-electron chi connectivity index (χ4n) is 3.89. The van der Waals surface area contributed by atoms with Crippen LogP contribution in [0.4, 0.5) is 21.6 Å². The summed E-state index contributed by atoms with van der Waals surface area (Å²) in [5, 5.41) is 6.46. The molecule has 1 aromatic heterocycles. The Morgan fingerprint density at radius 2 is 1.88 bits per heavy atom. The van der Waals surface area contributed by atoms with Crippen molar-refractivity contribution in [2.45, 2.75) is 18.9 Å². The first-order valence-corrected chi connectivity index (χ1v) is 13.0. The van der Waals surface area contributed by atoms with Crippen molar-refractivity contribution in [3.05, 3.63) is 59.7 Å². The third-order valence-electron chi connectivity index (χ3n) is 6.30. The summed E-state index contributed by atoms with van der Waals surface area (Å²) >= 11 is 5.92. The van der Waals surface area contributed by atoms with Crippen LogP contribution in [-0.2, 0) is 23.9 Å². The molecule has 0 saturated heterocycles. The molecule has 0 bridgehead atoms. The third-order valence-corrected chi connectivity index (χ3v) is 6.59. The second kappa shape index (κ2) is 13.4. The lowest BCUT2D eigenvalue weighted by Crippen LogP contribution is -2.46. The van der Waals surface area contributed by atoms with Crippen LogP contribution in [0.3, 0.4) is 0 Å². The molecular formula is C28H29ClFN5O6. The van der Waals surface area contributed by atoms with Gasteiger partial charge in [-0.1, -0.05) is 17.7 Å². The lowest BCUT2D eigenvalue weighted by Gasteiger charge is -2.22. The fourth-order valence-corrected chi connectivity index (χ4v) is 4.07. The molecule has 1 fully saturated rings. The summed E-state index contributed by atoms with van der Waals surface area (Å²) in [7, 11) is 3.86. The number of methoxy groups -OCH3 is 2. The molecule has 13 heteroatoms. The predicted octanol–water partition coefficient (Wildman–Crippen LogP) is 4.10. The number of nitrogens with one attached hydrogen (secondary N) is 2. The molecule has 1 heterocycles. The van der Waals surface area contributed by atoms with Crippen molar-refractivity contribution in [3.63, 3.8) is 0 Å². The lowest BCUT2D eigenvalue weighted by molar-refractivity contribution is -0.159. The number of carbonyl (C=O) groups excluding carboxylic acids is 3. The molecular weight excluding hydrogens is 557 g/mol. The van der Waals surface area contributed by atoms with E-state index in [1.165, 1.54) is 62.8 Å². The maximum atomic E-state index is 13.6. The maximum Gasteiger partial charge on any atom is 0.334 e. The number of nitrogens with zero attached hydrogens (tertiary/aromatic N) is 3. The van der Waals surface area contributed by atoms with Crippen molar-refractivity contribution < 1.29 is 33.0 Å². The van der Waals surface area contributed by atoms with E-state index in [1.54, 1.807) is 12.1 Å². The van der Waals surface area contributed by atoms with Gasteiger partial charge in [-0.2, -0.15) is 0 Å². The number of anilines is 3. The van der Waals surface area contributed by atoms with Crippen LogP contribution >= 0.6 is 11.6 Å². The third kappa shape index (κ3) is 7.68. The van der Waals surface area contributed by atoms with E-state index < -0.39 is 29.7 Å². The number of ether oxygens (including phenoxy) is 3. The summed E-state index contributed by atoms with van der Waals surface area (Å²) < 4.78 is 29.0. The molecule has 2 N–H and O–H groups in total. The number of fused-ring (bicyclic) bond motifs is 1. The van der Waals surface area contributed by atoms with Crippen molar-refractivity contribution in [1.29, 1.82) is 0 Å². The predicted molar refractivity (Wildman–Crippen MR) is 151 cm³/mol. The highest BCUT2D eigenvalue weighted by molar-refractivity contribution is 6.31. The van der Waals surface area contributed by atoms with Crippen molar-refractivity contribution in [2.75, 3.05) is 45.1 Å². The van der Waals surface area contributed by atoms with E-state index in [2.05, 4.69) is 30.1 Å². The number of hydrogen-bond acceptors (Lipinski definition) is 10. The Hall–Kier alpha value is -4.29. The molecule has 0 unspecified atom stereocenters. The lowest BCUT2D eigenvalue weighted by atomic mass is 10.1. The SMILES string of the molecule is COC(=O)C(C(=O)OC)N(C)C/C=C/C(=O)Nc1cc2c(Nc3ccc(F)c(Cl)c3)ncnc2cc1OCC1CC1. The Balaban J connectivity index is 1.55. The number of hydrogen-bond donors (Lipinski definition) is 2. The summed E-state index contributed by atoms with van der Waals surface area (Å²) in [5.74, 6) is -1.25. The minimum absolute atomic E-state index is 0.0426. The first-order chi connectivity index (χ1) is 19.7. The molecule has 0 spiro atoms. The van der Waals surface area contributed by atoms with Crippen molar-refractivity contribution in [3.8, 4) is 5.75 Å². The van der Waals surface area contributed by atoms with Gasteiger partial charge in [0.05, 0.1) is 37.1 Å². The molecule has 11 nitrogen and oxygen atoms in total. The Morgan fingerprint density at radius 3 is 2.54 bits per heavy atom. The van der Waals surface area contributed by atoms with Gasteiger partial charge in [-0.25, -0.2) is 23.9 Å². The zero-order chi connectivity index (χ0) is 29.5. The van der Waals surface area contributed by atoms with Gasteiger partial charge in [0.25, 0.3) is 0 Å². The molecule has 216 valence electrons. The average Bonchev–Trinajstić information content (AvgIpc) is 3.78. The van der Waals surface area contributed by atoms with E-state index in [1.807, 2.05) is 0 Å². The van der Waals surface area contributed by atoms with Crippen LogP contribution < -0.4 is 15.4 Å². The quantitative estimate of drug-likeness (QED) is 0.182. The number of likely N-dealkylation sites (N-methyl/N-ethyl adjacent to an activating group) is 1. The van der Waals surface area contributed by atoms with Gasteiger partial charge in [0.15, 0.2) is 0 Å². The zero-order valence-electron chi connectivity index (χ0n) is 22.6. The minimum atomic E-state index is -1.28. The monoisotopic (exact) mass is 585 g/mol. The van der Waals surface area contributed by atoms with E-state index >= 15 is 0 Å². The first-order valence-electron chi connectivity index (χ1n) is 12.7. The minimum Gasteiger partial charge on any atom is -0.491 e. The van der Waals surface area contributed by atoms with Crippen LogP contribution in [0.25, 0.3) is 10.9 Å². The molecule has 1 amide bonds. The van der Waals surface area contributed by atoms with Gasteiger partial charge in [-0.05, 0) is 50.1 Å². The van der Waals surface area contributed by atoms with Crippen LogP contribution in [0.1, 0.15) is 12.8 Å². The number of halogens is 2. The smallest absolute Gasteiger partial charge is 0.334 e. The first kappa shape index (κ1) is 29.7. The van der Waals surface area contributed by atoms with Gasteiger partial charge >= 0.3 is 11.9 Å². The molecule has 2 aromatic carbocycles. The maximum absolute atomic E-state index is 13.6. The van der Waals surface area contributed by atoms with Crippen LogP contribution in [-0.4, -0.2) is 73.2 Å². The number of esters is 2. The van der Waals surface area contributed by atoms with Gasteiger partial charge in [0.2, 0.25) is 11.9 Å². The molecule has 3 aromatic rings. The molecule has 0 atom stereocenters. The van der Waals surface area contributed by atoms with Crippen LogP contribution in [0.2, 0.25) is 5.02 Å². The highest BCUT2D eigenvalue weighted by Gasteiger charge is 2.32. The highest BCUT2D eigenvalue weighted by atomic mass is 35.5. The van der Waals surface area contributed by atoms with Gasteiger partial charge < -0.3 is 24.8 Å². The van der Waals surface area contributed by atoms with E-state index in [9.17, 15) is 18.8 Å². The van der Waals surface area contributed by atoms with Gasteiger partial charge in [0.1, 0.15) is 23.7 Å². The molecule has 0 radical (unpaired) electrons. The fraction of sp³-hybridized carbons (Fsp3) is 0.321. The zero-order valence-corrected chi connectivity index (χ0v) is 23.4. The van der Waals surface area contributed by atoms with Crippen LogP contribution in [0, 0.1) is 11.7 Å².